The van der Waals surface area contributed by atoms with Crippen LogP contribution in [0.1, 0.15) is 58.3 Å². The van der Waals surface area contributed by atoms with Crippen LogP contribution in [-0.2, 0) is 4.79 Å². The van der Waals surface area contributed by atoms with Crippen LogP contribution in [0.4, 0.5) is 0 Å². The van der Waals surface area contributed by atoms with Crippen LogP contribution in [0.5, 0.6) is 0 Å². The van der Waals surface area contributed by atoms with Crippen LogP contribution in [0.3, 0.4) is 0 Å². The number of allylic oxidation sites excluding steroid dienone is 2. The van der Waals surface area contributed by atoms with Crippen molar-refractivity contribution < 1.29 is 9.90 Å². The van der Waals surface area contributed by atoms with Crippen molar-refractivity contribution in [3.05, 3.63) is 12.2 Å². The first-order chi connectivity index (χ1) is 6.77. The minimum absolute atomic E-state index is 0.292. The van der Waals surface area contributed by atoms with Gasteiger partial charge in [0.25, 0.3) is 0 Å². The molecular weight excluding hydrogens is 176 g/mol. The molecule has 0 saturated heterocycles. The molecule has 14 heavy (non-hydrogen) atoms. The van der Waals surface area contributed by atoms with Gasteiger partial charge >= 0.3 is 5.97 Å². The van der Waals surface area contributed by atoms with Crippen molar-refractivity contribution in [3.8, 4) is 0 Å². The number of carboxylic acid groups (broad SMARTS) is 1. The van der Waals surface area contributed by atoms with Crippen molar-refractivity contribution >= 4 is 5.97 Å². The van der Waals surface area contributed by atoms with Gasteiger partial charge in [0.05, 0.1) is 0 Å². The van der Waals surface area contributed by atoms with Gasteiger partial charge in [-0.05, 0) is 25.7 Å². The van der Waals surface area contributed by atoms with E-state index in [-0.39, 0.29) is 0 Å². The second-order valence-electron chi connectivity index (χ2n) is 3.61. The minimum atomic E-state index is -0.693. The molecule has 0 saturated carbocycles. The third-order valence-electron chi connectivity index (χ3n) is 2.15. The summed E-state index contributed by atoms with van der Waals surface area (Å²) in [6, 6.07) is 0. The van der Waals surface area contributed by atoms with Gasteiger partial charge in [0.15, 0.2) is 0 Å². The molecule has 0 bridgehead atoms. The molecule has 0 atom stereocenters. The van der Waals surface area contributed by atoms with E-state index in [1.807, 2.05) is 0 Å². The van der Waals surface area contributed by atoms with E-state index in [1.165, 1.54) is 25.7 Å². The smallest absolute Gasteiger partial charge is 0.303 e. The SMILES string of the molecule is CCCCCC/C=C\CCCC(=O)O. The van der Waals surface area contributed by atoms with E-state index in [9.17, 15) is 4.79 Å². The third kappa shape index (κ3) is 11.2. The Balaban J connectivity index is 3.07. The topological polar surface area (TPSA) is 37.3 Å². The highest BCUT2D eigenvalue weighted by molar-refractivity contribution is 5.66. The first kappa shape index (κ1) is 13.2. The summed E-state index contributed by atoms with van der Waals surface area (Å²) in [6.45, 7) is 2.21. The van der Waals surface area contributed by atoms with Gasteiger partial charge < -0.3 is 5.11 Å². The van der Waals surface area contributed by atoms with Gasteiger partial charge in [0.1, 0.15) is 0 Å². The maximum atomic E-state index is 10.2. The predicted molar refractivity (Wildman–Crippen MR) is 59.4 cm³/mol. The van der Waals surface area contributed by atoms with Crippen LogP contribution in [0.2, 0.25) is 0 Å². The molecule has 0 rings (SSSR count). The molecule has 0 aromatic rings. The molecule has 0 unspecified atom stereocenters. The molecule has 0 spiro atoms. The normalized spacial score (nSPS) is 10.9. The fourth-order valence-electron chi connectivity index (χ4n) is 1.30. The number of aliphatic carboxylic acids is 1. The van der Waals surface area contributed by atoms with E-state index in [4.69, 9.17) is 5.11 Å². The zero-order valence-corrected chi connectivity index (χ0v) is 9.17. The average molecular weight is 198 g/mol. The van der Waals surface area contributed by atoms with Gasteiger partial charge in [-0.15, -0.1) is 0 Å². The zero-order chi connectivity index (χ0) is 10.6. The number of hydrogen-bond acceptors (Lipinski definition) is 1. The van der Waals surface area contributed by atoms with Gasteiger partial charge in [-0.1, -0.05) is 38.3 Å². The predicted octanol–water partition coefficient (Wildman–Crippen LogP) is 3.77. The number of rotatable bonds is 9. The molecule has 0 aromatic carbocycles. The summed E-state index contributed by atoms with van der Waals surface area (Å²) in [5.74, 6) is -0.693. The second-order valence-corrected chi connectivity index (χ2v) is 3.61. The average Bonchev–Trinajstić information content (AvgIpc) is 2.15. The molecule has 2 nitrogen and oxygen atoms in total. The van der Waals surface area contributed by atoms with Crippen molar-refractivity contribution in [2.75, 3.05) is 0 Å². The summed E-state index contributed by atoms with van der Waals surface area (Å²) < 4.78 is 0. The molecule has 0 amide bonds. The molecule has 0 heterocycles. The molecule has 1 N–H and O–H groups in total. The van der Waals surface area contributed by atoms with Gasteiger partial charge in [-0.2, -0.15) is 0 Å². The van der Waals surface area contributed by atoms with E-state index >= 15 is 0 Å². The number of unbranched alkanes of at least 4 members (excludes halogenated alkanes) is 5. The quantitative estimate of drug-likeness (QED) is 0.452. The van der Waals surface area contributed by atoms with Crippen molar-refractivity contribution in [1.29, 1.82) is 0 Å². The van der Waals surface area contributed by atoms with E-state index in [2.05, 4.69) is 19.1 Å². The Labute approximate surface area is 87.0 Å². The zero-order valence-electron chi connectivity index (χ0n) is 9.17. The third-order valence-corrected chi connectivity index (χ3v) is 2.15. The summed E-state index contributed by atoms with van der Waals surface area (Å²) >= 11 is 0. The van der Waals surface area contributed by atoms with E-state index in [0.717, 1.165) is 19.3 Å². The highest BCUT2D eigenvalue weighted by Gasteiger charge is 1.92. The van der Waals surface area contributed by atoms with Crippen LogP contribution in [0, 0.1) is 0 Å². The lowest BCUT2D eigenvalue weighted by Crippen LogP contribution is -1.92. The van der Waals surface area contributed by atoms with Crippen molar-refractivity contribution in [2.45, 2.75) is 58.3 Å². The summed E-state index contributed by atoms with van der Waals surface area (Å²) in [7, 11) is 0. The Kier molecular flexibility index (Phi) is 9.71. The first-order valence-corrected chi connectivity index (χ1v) is 5.64. The maximum absolute atomic E-state index is 10.2. The van der Waals surface area contributed by atoms with Gasteiger partial charge in [-0.25, -0.2) is 0 Å². The molecule has 0 aromatic heterocycles. The van der Waals surface area contributed by atoms with Gasteiger partial charge in [0, 0.05) is 6.42 Å². The molecule has 0 aliphatic carbocycles. The number of carboxylic acids is 1. The molecular formula is C12H22O2. The molecule has 0 aliphatic heterocycles. The Morgan fingerprint density at radius 3 is 2.29 bits per heavy atom. The summed E-state index contributed by atoms with van der Waals surface area (Å²) in [5, 5.41) is 8.39. The van der Waals surface area contributed by atoms with Gasteiger partial charge in [0.2, 0.25) is 0 Å². The lowest BCUT2D eigenvalue weighted by Gasteiger charge is -1.94. The minimum Gasteiger partial charge on any atom is -0.481 e. The first-order valence-electron chi connectivity index (χ1n) is 5.64. The van der Waals surface area contributed by atoms with Crippen molar-refractivity contribution in [2.24, 2.45) is 0 Å². The Bertz CT molecular complexity index is 162. The monoisotopic (exact) mass is 198 g/mol. The van der Waals surface area contributed by atoms with Crippen LogP contribution >= 0.6 is 0 Å². The fraction of sp³-hybridized carbons (Fsp3) is 0.750. The van der Waals surface area contributed by atoms with Gasteiger partial charge in [-0.3, -0.25) is 4.79 Å². The lowest BCUT2D eigenvalue weighted by atomic mass is 10.1. The van der Waals surface area contributed by atoms with E-state index in [0.29, 0.717) is 6.42 Å². The Morgan fingerprint density at radius 1 is 1.07 bits per heavy atom. The molecule has 82 valence electrons. The van der Waals surface area contributed by atoms with Crippen molar-refractivity contribution in [3.63, 3.8) is 0 Å². The van der Waals surface area contributed by atoms with Crippen molar-refractivity contribution in [1.82, 2.24) is 0 Å². The van der Waals surface area contributed by atoms with E-state index < -0.39 is 5.97 Å². The van der Waals surface area contributed by atoms with Crippen LogP contribution in [0.15, 0.2) is 12.2 Å². The summed E-state index contributed by atoms with van der Waals surface area (Å²) in [4.78, 5) is 10.2. The molecule has 0 radical (unpaired) electrons. The summed E-state index contributed by atoms with van der Waals surface area (Å²) in [5.41, 5.74) is 0. The second kappa shape index (κ2) is 10.3. The summed E-state index contributed by atoms with van der Waals surface area (Å²) in [6.07, 6.45) is 12.6. The maximum Gasteiger partial charge on any atom is 0.303 e. The highest BCUT2D eigenvalue weighted by Crippen LogP contribution is 2.04. The largest absolute Gasteiger partial charge is 0.481 e. The lowest BCUT2D eigenvalue weighted by molar-refractivity contribution is -0.137. The Morgan fingerprint density at radius 2 is 1.71 bits per heavy atom. The number of hydrogen-bond donors (Lipinski definition) is 1. The Hall–Kier alpha value is -0.790. The highest BCUT2D eigenvalue weighted by atomic mass is 16.4. The van der Waals surface area contributed by atoms with Crippen LogP contribution in [-0.4, -0.2) is 11.1 Å². The standard InChI is InChI=1S/C12H22O2/c1-2-3-4-5-6-7-8-9-10-11-12(13)14/h7-8H,2-6,9-11H2,1H3,(H,13,14)/b8-7-. The van der Waals surface area contributed by atoms with E-state index in [1.54, 1.807) is 0 Å². The fourth-order valence-corrected chi connectivity index (χ4v) is 1.30. The van der Waals surface area contributed by atoms with Crippen LogP contribution < -0.4 is 0 Å². The molecule has 2 heteroatoms. The number of carbonyl (C=O) groups is 1. The molecule has 0 aliphatic rings. The molecule has 0 fully saturated rings. The van der Waals surface area contributed by atoms with Crippen LogP contribution in [0.25, 0.3) is 0 Å².